The minimum Gasteiger partial charge on any atom is -0.481 e. The summed E-state index contributed by atoms with van der Waals surface area (Å²) in [5, 5.41) is 9.65. The number of aliphatic carboxylic acids is 1. The van der Waals surface area contributed by atoms with E-state index in [0.717, 1.165) is 12.1 Å². The molecule has 1 atom stereocenters. The molecule has 2 aromatic rings. The molecular formula is C15H11ClF2O2. The molecule has 0 aliphatic rings. The van der Waals surface area contributed by atoms with E-state index in [-0.39, 0.29) is 12.0 Å². The number of hydrogen-bond acceptors (Lipinski definition) is 1. The summed E-state index contributed by atoms with van der Waals surface area (Å²) in [4.78, 5) is 11.4. The van der Waals surface area contributed by atoms with Gasteiger partial charge in [0, 0.05) is 10.6 Å². The SMILES string of the molecule is O=C(O)C(Cc1c(F)cccc1F)c1cccc(Cl)c1. The standard InChI is InChI=1S/C15H11ClF2O2/c16-10-4-1-3-9(7-10)11(15(19)20)8-12-13(17)5-2-6-14(12)18/h1-7,11H,8H2,(H,19,20). The molecule has 0 heterocycles. The Morgan fingerprint density at radius 2 is 1.75 bits per heavy atom. The van der Waals surface area contributed by atoms with Crippen molar-refractivity contribution in [3.63, 3.8) is 0 Å². The van der Waals surface area contributed by atoms with Crippen LogP contribution in [0.2, 0.25) is 5.02 Å². The van der Waals surface area contributed by atoms with Gasteiger partial charge in [-0.05, 0) is 36.2 Å². The molecule has 0 aliphatic heterocycles. The number of hydrogen-bond donors (Lipinski definition) is 1. The second-order valence-electron chi connectivity index (χ2n) is 4.35. The average molecular weight is 297 g/mol. The first-order chi connectivity index (χ1) is 9.49. The smallest absolute Gasteiger partial charge is 0.311 e. The third-order valence-electron chi connectivity index (χ3n) is 3.02. The van der Waals surface area contributed by atoms with Gasteiger partial charge in [-0.1, -0.05) is 29.8 Å². The van der Waals surface area contributed by atoms with Crippen LogP contribution >= 0.6 is 11.6 Å². The molecule has 20 heavy (non-hydrogen) atoms. The second-order valence-corrected chi connectivity index (χ2v) is 4.79. The second kappa shape index (κ2) is 6.01. The number of carbonyl (C=O) groups is 1. The van der Waals surface area contributed by atoms with Crippen LogP contribution in [0.4, 0.5) is 8.78 Å². The van der Waals surface area contributed by atoms with Gasteiger partial charge in [-0.25, -0.2) is 8.78 Å². The maximum atomic E-state index is 13.6. The summed E-state index contributed by atoms with van der Waals surface area (Å²) in [6.45, 7) is 0. The predicted molar refractivity (Wildman–Crippen MR) is 71.9 cm³/mol. The van der Waals surface area contributed by atoms with Crippen LogP contribution in [-0.2, 0) is 11.2 Å². The van der Waals surface area contributed by atoms with Gasteiger partial charge in [0.15, 0.2) is 0 Å². The first-order valence-corrected chi connectivity index (χ1v) is 6.28. The van der Waals surface area contributed by atoms with Crippen LogP contribution in [0, 0.1) is 11.6 Å². The predicted octanol–water partition coefficient (Wildman–Crippen LogP) is 4.03. The highest BCUT2D eigenvalue weighted by Gasteiger charge is 2.23. The fourth-order valence-electron chi connectivity index (χ4n) is 2.00. The lowest BCUT2D eigenvalue weighted by molar-refractivity contribution is -0.138. The molecule has 1 N–H and O–H groups in total. The summed E-state index contributed by atoms with van der Waals surface area (Å²) in [7, 11) is 0. The maximum absolute atomic E-state index is 13.6. The van der Waals surface area contributed by atoms with E-state index in [1.807, 2.05) is 0 Å². The lowest BCUT2D eigenvalue weighted by atomic mass is 9.91. The highest BCUT2D eigenvalue weighted by Crippen LogP contribution is 2.26. The fourth-order valence-corrected chi connectivity index (χ4v) is 2.20. The molecule has 104 valence electrons. The summed E-state index contributed by atoms with van der Waals surface area (Å²) < 4.78 is 27.2. The zero-order valence-corrected chi connectivity index (χ0v) is 11.1. The van der Waals surface area contributed by atoms with Crippen LogP contribution in [0.15, 0.2) is 42.5 Å². The van der Waals surface area contributed by atoms with Gasteiger partial charge >= 0.3 is 5.97 Å². The van der Waals surface area contributed by atoms with E-state index in [2.05, 4.69) is 0 Å². The van der Waals surface area contributed by atoms with E-state index in [1.54, 1.807) is 18.2 Å². The summed E-state index contributed by atoms with van der Waals surface area (Å²) >= 11 is 5.82. The Hall–Kier alpha value is -1.94. The Labute approximate surface area is 119 Å². The first-order valence-electron chi connectivity index (χ1n) is 5.90. The summed E-state index contributed by atoms with van der Waals surface area (Å²) in [6.07, 6.45) is -0.270. The van der Waals surface area contributed by atoms with Crippen LogP contribution in [0.1, 0.15) is 17.0 Å². The zero-order valence-electron chi connectivity index (χ0n) is 10.3. The van der Waals surface area contributed by atoms with Crippen molar-refractivity contribution in [1.82, 2.24) is 0 Å². The Balaban J connectivity index is 2.38. The van der Waals surface area contributed by atoms with Crippen LogP contribution in [-0.4, -0.2) is 11.1 Å². The molecule has 0 aliphatic carbocycles. The molecule has 5 heteroatoms. The van der Waals surface area contributed by atoms with Crippen molar-refractivity contribution in [1.29, 1.82) is 0 Å². The van der Waals surface area contributed by atoms with Crippen LogP contribution in [0.3, 0.4) is 0 Å². The van der Waals surface area contributed by atoms with Crippen molar-refractivity contribution >= 4 is 17.6 Å². The van der Waals surface area contributed by atoms with Gasteiger partial charge in [-0.15, -0.1) is 0 Å². The molecule has 2 nitrogen and oxygen atoms in total. The van der Waals surface area contributed by atoms with Crippen LogP contribution in [0.25, 0.3) is 0 Å². The van der Waals surface area contributed by atoms with Gasteiger partial charge < -0.3 is 5.11 Å². The van der Waals surface area contributed by atoms with E-state index in [0.29, 0.717) is 10.6 Å². The van der Waals surface area contributed by atoms with Crippen molar-refractivity contribution in [2.75, 3.05) is 0 Å². The van der Waals surface area contributed by atoms with Gasteiger partial charge in [-0.2, -0.15) is 0 Å². The lowest BCUT2D eigenvalue weighted by Crippen LogP contribution is -2.16. The van der Waals surface area contributed by atoms with Gasteiger partial charge in [0.05, 0.1) is 5.92 Å². The largest absolute Gasteiger partial charge is 0.481 e. The maximum Gasteiger partial charge on any atom is 0.311 e. The number of carboxylic acids is 1. The van der Waals surface area contributed by atoms with E-state index in [4.69, 9.17) is 11.6 Å². The minimum atomic E-state index is -1.16. The Morgan fingerprint density at radius 3 is 2.30 bits per heavy atom. The summed E-state index contributed by atoms with van der Waals surface area (Å²) in [5.74, 6) is -3.72. The number of benzene rings is 2. The van der Waals surface area contributed by atoms with E-state index < -0.39 is 23.5 Å². The van der Waals surface area contributed by atoms with E-state index in [9.17, 15) is 18.7 Å². The highest BCUT2D eigenvalue weighted by molar-refractivity contribution is 6.30. The molecule has 0 saturated heterocycles. The molecule has 0 fully saturated rings. The molecular weight excluding hydrogens is 286 g/mol. The van der Waals surface area contributed by atoms with Crippen molar-refractivity contribution < 1.29 is 18.7 Å². The van der Waals surface area contributed by atoms with Gasteiger partial charge in [0.2, 0.25) is 0 Å². The van der Waals surface area contributed by atoms with Crippen molar-refractivity contribution in [2.24, 2.45) is 0 Å². The van der Waals surface area contributed by atoms with Crippen molar-refractivity contribution in [3.8, 4) is 0 Å². The number of halogens is 3. The molecule has 0 bridgehead atoms. The molecule has 2 rings (SSSR count). The van der Waals surface area contributed by atoms with Gasteiger partial charge in [-0.3, -0.25) is 4.79 Å². The van der Waals surface area contributed by atoms with Gasteiger partial charge in [0.1, 0.15) is 11.6 Å². The Morgan fingerprint density at radius 1 is 1.15 bits per heavy atom. The average Bonchev–Trinajstić information content (AvgIpc) is 2.38. The third kappa shape index (κ3) is 3.14. The van der Waals surface area contributed by atoms with Crippen LogP contribution in [0.5, 0.6) is 0 Å². The molecule has 0 radical (unpaired) electrons. The molecule has 2 aromatic carbocycles. The molecule has 0 aromatic heterocycles. The topological polar surface area (TPSA) is 37.3 Å². The number of carboxylic acid groups (broad SMARTS) is 1. The van der Waals surface area contributed by atoms with Crippen molar-refractivity contribution in [3.05, 3.63) is 70.2 Å². The molecule has 1 unspecified atom stereocenters. The van der Waals surface area contributed by atoms with Crippen LogP contribution < -0.4 is 0 Å². The molecule has 0 spiro atoms. The molecule has 0 amide bonds. The van der Waals surface area contributed by atoms with E-state index >= 15 is 0 Å². The fraction of sp³-hybridized carbons (Fsp3) is 0.133. The quantitative estimate of drug-likeness (QED) is 0.925. The minimum absolute atomic E-state index is 0.236. The number of rotatable bonds is 4. The zero-order chi connectivity index (χ0) is 14.7. The third-order valence-corrected chi connectivity index (χ3v) is 3.25. The summed E-state index contributed by atoms with van der Waals surface area (Å²) in [6, 6.07) is 9.72. The monoisotopic (exact) mass is 296 g/mol. The van der Waals surface area contributed by atoms with Crippen molar-refractivity contribution in [2.45, 2.75) is 12.3 Å². The van der Waals surface area contributed by atoms with Gasteiger partial charge in [0.25, 0.3) is 0 Å². The Bertz CT molecular complexity index is 623. The Kier molecular flexibility index (Phi) is 4.35. The highest BCUT2D eigenvalue weighted by atomic mass is 35.5. The lowest BCUT2D eigenvalue weighted by Gasteiger charge is -2.14. The normalized spacial score (nSPS) is 12.2. The van der Waals surface area contributed by atoms with E-state index in [1.165, 1.54) is 12.1 Å². The summed E-state index contributed by atoms with van der Waals surface area (Å²) in [5.41, 5.74) is 0.174. The first kappa shape index (κ1) is 14.5. The molecule has 0 saturated carbocycles.